The van der Waals surface area contributed by atoms with E-state index in [0.717, 1.165) is 5.69 Å². The van der Waals surface area contributed by atoms with Crippen LogP contribution in [0.4, 0.5) is 5.69 Å². The van der Waals surface area contributed by atoms with E-state index in [9.17, 15) is 4.79 Å². The van der Waals surface area contributed by atoms with E-state index in [-0.39, 0.29) is 20.7 Å². The number of anilines is 1. The molecule has 120 valence electrons. The molecule has 8 heteroatoms. The second-order valence-corrected chi connectivity index (χ2v) is 5.60. The van der Waals surface area contributed by atoms with Gasteiger partial charge in [0.1, 0.15) is 0 Å². The summed E-state index contributed by atoms with van der Waals surface area (Å²) in [6, 6.07) is 12.2. The van der Waals surface area contributed by atoms with Crippen molar-refractivity contribution in [1.29, 1.82) is 0 Å². The van der Waals surface area contributed by atoms with Crippen LogP contribution in [0.25, 0.3) is 0 Å². The molecule has 5 nitrogen and oxygen atoms in total. The summed E-state index contributed by atoms with van der Waals surface area (Å²) < 4.78 is 5.04. The Kier molecular flexibility index (Phi) is 6.04. The predicted molar refractivity (Wildman–Crippen MR) is 96.3 cm³/mol. The summed E-state index contributed by atoms with van der Waals surface area (Å²) >= 11 is 17.1. The number of ether oxygens (including phenoxy) is 1. The van der Waals surface area contributed by atoms with Gasteiger partial charge >= 0.3 is 0 Å². The Balaban J connectivity index is 1.97. The monoisotopic (exact) mass is 369 g/mol. The Morgan fingerprint density at radius 2 is 1.74 bits per heavy atom. The zero-order valence-electron chi connectivity index (χ0n) is 12.0. The average Bonchev–Trinajstić information content (AvgIpc) is 2.53. The van der Waals surface area contributed by atoms with E-state index in [4.69, 9.17) is 40.2 Å². The van der Waals surface area contributed by atoms with Gasteiger partial charge in [0.05, 0.1) is 22.8 Å². The molecule has 0 aromatic heterocycles. The van der Waals surface area contributed by atoms with E-state index < -0.39 is 5.91 Å². The van der Waals surface area contributed by atoms with Gasteiger partial charge in [-0.1, -0.05) is 41.4 Å². The predicted octanol–water partition coefficient (Wildman–Crippen LogP) is 3.63. The van der Waals surface area contributed by atoms with Gasteiger partial charge in [0.2, 0.25) is 0 Å². The summed E-state index contributed by atoms with van der Waals surface area (Å²) in [7, 11) is 1.45. The van der Waals surface area contributed by atoms with Crippen LogP contribution in [0.3, 0.4) is 0 Å². The first-order chi connectivity index (χ1) is 11.0. The molecule has 0 radical (unpaired) electrons. The molecule has 0 unspecified atom stereocenters. The van der Waals surface area contributed by atoms with E-state index in [2.05, 4.69) is 16.2 Å². The minimum Gasteiger partial charge on any atom is -0.494 e. The first kappa shape index (κ1) is 17.3. The molecular formula is C15H13Cl2N3O2S. The molecule has 0 fully saturated rings. The summed E-state index contributed by atoms with van der Waals surface area (Å²) in [4.78, 5) is 12.1. The van der Waals surface area contributed by atoms with E-state index in [1.54, 1.807) is 0 Å². The van der Waals surface area contributed by atoms with Crippen LogP contribution in [-0.4, -0.2) is 18.1 Å². The van der Waals surface area contributed by atoms with Crippen LogP contribution in [0, 0.1) is 0 Å². The number of rotatable bonds is 4. The molecule has 3 N–H and O–H groups in total. The lowest BCUT2D eigenvalue weighted by Gasteiger charge is -2.12. The van der Waals surface area contributed by atoms with Crippen molar-refractivity contribution in [3.05, 3.63) is 58.1 Å². The number of nitrogens with one attached hydrogen (secondary N) is 3. The largest absolute Gasteiger partial charge is 0.494 e. The SMILES string of the molecule is COc1c(Cl)cc(C(=O)NC(=S)NNc2ccccc2)cc1Cl. The lowest BCUT2D eigenvalue weighted by atomic mass is 10.2. The number of benzene rings is 2. The minimum absolute atomic E-state index is 0.113. The quantitative estimate of drug-likeness (QED) is 0.567. The Morgan fingerprint density at radius 1 is 1.13 bits per heavy atom. The lowest BCUT2D eigenvalue weighted by Crippen LogP contribution is -2.41. The van der Waals surface area contributed by atoms with Crippen LogP contribution in [0.5, 0.6) is 5.75 Å². The van der Waals surface area contributed by atoms with Crippen molar-refractivity contribution in [2.45, 2.75) is 0 Å². The van der Waals surface area contributed by atoms with Crippen molar-refractivity contribution in [2.24, 2.45) is 0 Å². The Bertz CT molecular complexity index is 703. The van der Waals surface area contributed by atoms with Gasteiger partial charge in [0.25, 0.3) is 5.91 Å². The number of carbonyl (C=O) groups excluding carboxylic acids is 1. The van der Waals surface area contributed by atoms with Gasteiger partial charge in [-0.25, -0.2) is 0 Å². The van der Waals surface area contributed by atoms with Gasteiger partial charge in [-0.3, -0.25) is 21.0 Å². The third-order valence-electron chi connectivity index (χ3n) is 2.79. The molecule has 0 aliphatic carbocycles. The number of methoxy groups -OCH3 is 1. The molecule has 2 rings (SSSR count). The molecule has 2 aromatic carbocycles. The summed E-state index contributed by atoms with van der Waals surface area (Å²) in [5.74, 6) is -0.125. The highest BCUT2D eigenvalue weighted by Crippen LogP contribution is 2.33. The lowest BCUT2D eigenvalue weighted by molar-refractivity contribution is 0.0977. The number of amides is 1. The molecule has 0 atom stereocenters. The maximum absolute atomic E-state index is 12.1. The van der Waals surface area contributed by atoms with Crippen molar-refractivity contribution in [1.82, 2.24) is 10.7 Å². The van der Waals surface area contributed by atoms with Gasteiger partial charge < -0.3 is 4.74 Å². The highest BCUT2D eigenvalue weighted by Gasteiger charge is 2.14. The third kappa shape index (κ3) is 4.72. The highest BCUT2D eigenvalue weighted by molar-refractivity contribution is 7.80. The fourth-order valence-corrected chi connectivity index (χ4v) is 2.53. The fourth-order valence-electron chi connectivity index (χ4n) is 1.74. The van der Waals surface area contributed by atoms with Crippen LogP contribution < -0.4 is 20.9 Å². The molecule has 0 bridgehead atoms. The van der Waals surface area contributed by atoms with Crippen molar-refractivity contribution >= 4 is 52.1 Å². The first-order valence-corrected chi connectivity index (χ1v) is 7.63. The second-order valence-electron chi connectivity index (χ2n) is 4.37. The van der Waals surface area contributed by atoms with Gasteiger partial charge in [0.15, 0.2) is 10.9 Å². The van der Waals surface area contributed by atoms with Crippen LogP contribution in [0.2, 0.25) is 10.0 Å². The highest BCUT2D eigenvalue weighted by atomic mass is 35.5. The third-order valence-corrected chi connectivity index (χ3v) is 3.55. The molecular weight excluding hydrogens is 357 g/mol. The normalized spacial score (nSPS) is 9.87. The van der Waals surface area contributed by atoms with Gasteiger partial charge in [-0.15, -0.1) is 0 Å². The molecule has 1 amide bonds. The number of hydrazine groups is 1. The standard InChI is InChI=1S/C15H13Cl2N3O2S/c1-22-13-11(16)7-9(8-12(13)17)14(21)18-15(23)20-19-10-5-3-2-4-6-10/h2-8,19H,1H3,(H2,18,20,21,23). The summed E-state index contributed by atoms with van der Waals surface area (Å²) in [6.07, 6.45) is 0. The molecule has 2 aromatic rings. The Hall–Kier alpha value is -2.02. The Labute approximate surface area is 148 Å². The fraction of sp³-hybridized carbons (Fsp3) is 0.0667. The number of hydrogen-bond donors (Lipinski definition) is 3. The number of thiocarbonyl (C=S) groups is 1. The Morgan fingerprint density at radius 3 is 2.30 bits per heavy atom. The van der Waals surface area contributed by atoms with Crippen LogP contribution >= 0.6 is 35.4 Å². The van der Waals surface area contributed by atoms with Crippen LogP contribution in [0.15, 0.2) is 42.5 Å². The summed E-state index contributed by atoms with van der Waals surface area (Å²) in [5.41, 5.74) is 6.65. The van der Waals surface area contributed by atoms with Crippen molar-refractivity contribution in [2.75, 3.05) is 12.5 Å². The van der Waals surface area contributed by atoms with Crippen LogP contribution in [0.1, 0.15) is 10.4 Å². The van der Waals surface area contributed by atoms with Crippen molar-refractivity contribution in [3.63, 3.8) is 0 Å². The molecule has 0 saturated heterocycles. The molecule has 0 saturated carbocycles. The smallest absolute Gasteiger partial charge is 0.257 e. The van der Waals surface area contributed by atoms with Crippen LogP contribution in [-0.2, 0) is 0 Å². The maximum atomic E-state index is 12.1. The summed E-state index contributed by atoms with van der Waals surface area (Å²) in [6.45, 7) is 0. The zero-order valence-corrected chi connectivity index (χ0v) is 14.4. The van der Waals surface area contributed by atoms with Crippen molar-refractivity contribution in [3.8, 4) is 5.75 Å². The molecule has 0 heterocycles. The first-order valence-electron chi connectivity index (χ1n) is 6.46. The molecule has 0 aliphatic heterocycles. The van der Waals surface area contributed by atoms with Gasteiger partial charge in [-0.05, 0) is 36.5 Å². The summed E-state index contributed by atoms with van der Waals surface area (Å²) in [5, 5.41) is 3.12. The molecule has 0 spiro atoms. The van der Waals surface area contributed by atoms with E-state index >= 15 is 0 Å². The van der Waals surface area contributed by atoms with Gasteiger partial charge in [0, 0.05) is 5.56 Å². The van der Waals surface area contributed by atoms with E-state index in [0.29, 0.717) is 5.75 Å². The maximum Gasteiger partial charge on any atom is 0.257 e. The van der Waals surface area contributed by atoms with E-state index in [1.165, 1.54) is 19.2 Å². The molecule has 23 heavy (non-hydrogen) atoms. The van der Waals surface area contributed by atoms with E-state index in [1.807, 2.05) is 30.3 Å². The number of para-hydroxylation sites is 1. The second kappa shape index (κ2) is 8.01. The minimum atomic E-state index is -0.441. The number of hydrogen-bond acceptors (Lipinski definition) is 4. The zero-order chi connectivity index (χ0) is 16.8. The van der Waals surface area contributed by atoms with Gasteiger partial charge in [-0.2, -0.15) is 0 Å². The molecule has 0 aliphatic rings. The van der Waals surface area contributed by atoms with Crippen molar-refractivity contribution < 1.29 is 9.53 Å². The number of halogens is 2. The average molecular weight is 370 g/mol. The number of carbonyl (C=O) groups is 1. The topological polar surface area (TPSA) is 62.4 Å².